The fourth-order valence-corrected chi connectivity index (χ4v) is 4.01. The Hall–Kier alpha value is -2.19. The standard InChI is InChI=1S/C21H30ClFN6O/c1-5-24-20(25-13-21(2,3)16-8-6-14(23)10-17(16)22)26-15-7-9-19-27-18(12-30-4)28-29(19)11-15/h6,8,10,15H,5,7,9,11-13H2,1-4H3,(H2,24,25,26). The Morgan fingerprint density at radius 3 is 2.93 bits per heavy atom. The molecule has 164 valence electrons. The molecule has 1 aliphatic heterocycles. The number of benzene rings is 1. The molecule has 0 spiro atoms. The Morgan fingerprint density at radius 2 is 2.23 bits per heavy atom. The van der Waals surface area contributed by atoms with Gasteiger partial charge in [-0.05, 0) is 31.0 Å². The number of guanidine groups is 1. The van der Waals surface area contributed by atoms with Crippen LogP contribution in [0.25, 0.3) is 0 Å². The minimum absolute atomic E-state index is 0.199. The number of nitrogens with one attached hydrogen (secondary N) is 2. The van der Waals surface area contributed by atoms with Crippen molar-refractivity contribution in [2.45, 2.75) is 58.2 Å². The van der Waals surface area contributed by atoms with Gasteiger partial charge in [-0.2, -0.15) is 5.10 Å². The first kappa shape index (κ1) is 22.5. The Balaban J connectivity index is 1.68. The first-order valence-electron chi connectivity index (χ1n) is 10.2. The second-order valence-electron chi connectivity index (χ2n) is 8.14. The molecule has 0 saturated carbocycles. The normalized spacial score (nSPS) is 17.0. The molecule has 1 unspecified atom stereocenters. The molecule has 0 amide bonds. The topological polar surface area (TPSA) is 76.4 Å². The van der Waals surface area contributed by atoms with Crippen LogP contribution in [0, 0.1) is 5.82 Å². The Kier molecular flexibility index (Phi) is 7.31. The third-order valence-electron chi connectivity index (χ3n) is 5.15. The summed E-state index contributed by atoms with van der Waals surface area (Å²) in [6, 6.07) is 4.72. The highest BCUT2D eigenvalue weighted by Crippen LogP contribution is 2.30. The third-order valence-corrected chi connectivity index (χ3v) is 5.47. The van der Waals surface area contributed by atoms with Crippen LogP contribution in [0.4, 0.5) is 4.39 Å². The van der Waals surface area contributed by atoms with E-state index in [1.54, 1.807) is 13.2 Å². The van der Waals surface area contributed by atoms with Gasteiger partial charge in [0.2, 0.25) is 0 Å². The summed E-state index contributed by atoms with van der Waals surface area (Å²) < 4.78 is 20.5. The number of aliphatic imine (C=N–C) groups is 1. The number of halogens is 2. The van der Waals surface area contributed by atoms with Crippen molar-refractivity contribution >= 4 is 17.6 Å². The van der Waals surface area contributed by atoms with Crippen LogP contribution in [0.3, 0.4) is 0 Å². The largest absolute Gasteiger partial charge is 0.377 e. The number of methoxy groups -OCH3 is 1. The van der Waals surface area contributed by atoms with Gasteiger partial charge in [0.25, 0.3) is 0 Å². The molecule has 2 N–H and O–H groups in total. The highest BCUT2D eigenvalue weighted by atomic mass is 35.5. The van der Waals surface area contributed by atoms with Crippen LogP contribution in [0.15, 0.2) is 23.2 Å². The molecule has 1 aromatic heterocycles. The molecule has 0 aliphatic carbocycles. The van der Waals surface area contributed by atoms with Gasteiger partial charge in [-0.25, -0.2) is 14.1 Å². The first-order chi connectivity index (χ1) is 14.3. The quantitative estimate of drug-likeness (QED) is 0.515. The van der Waals surface area contributed by atoms with E-state index >= 15 is 0 Å². The molecule has 1 aliphatic rings. The summed E-state index contributed by atoms with van der Waals surface area (Å²) in [5, 5.41) is 11.8. The fourth-order valence-electron chi connectivity index (χ4n) is 3.58. The van der Waals surface area contributed by atoms with Crippen molar-refractivity contribution in [3.63, 3.8) is 0 Å². The number of aryl methyl sites for hydroxylation is 1. The monoisotopic (exact) mass is 436 g/mol. The van der Waals surface area contributed by atoms with Crippen molar-refractivity contribution in [3.8, 4) is 0 Å². The first-order valence-corrected chi connectivity index (χ1v) is 10.6. The smallest absolute Gasteiger partial charge is 0.191 e. The van der Waals surface area contributed by atoms with Gasteiger partial charge in [0, 0.05) is 36.6 Å². The number of aromatic nitrogens is 3. The summed E-state index contributed by atoms with van der Waals surface area (Å²) in [5.41, 5.74) is 0.536. The van der Waals surface area contributed by atoms with E-state index in [1.165, 1.54) is 12.1 Å². The van der Waals surface area contributed by atoms with Crippen LogP contribution in [0.5, 0.6) is 0 Å². The molecule has 1 aromatic carbocycles. The summed E-state index contributed by atoms with van der Waals surface area (Å²) in [6.07, 6.45) is 1.80. The zero-order chi connectivity index (χ0) is 21.7. The van der Waals surface area contributed by atoms with Gasteiger partial charge in [0.15, 0.2) is 11.8 Å². The number of hydrogen-bond donors (Lipinski definition) is 2. The van der Waals surface area contributed by atoms with Crippen LogP contribution in [-0.4, -0.2) is 47.0 Å². The van der Waals surface area contributed by atoms with Crippen LogP contribution in [0.2, 0.25) is 5.02 Å². The summed E-state index contributed by atoms with van der Waals surface area (Å²) in [4.78, 5) is 9.31. The van der Waals surface area contributed by atoms with Crippen LogP contribution < -0.4 is 10.6 Å². The Bertz CT molecular complexity index is 898. The van der Waals surface area contributed by atoms with Crippen molar-refractivity contribution in [3.05, 3.63) is 46.3 Å². The van der Waals surface area contributed by atoms with E-state index in [2.05, 4.69) is 34.6 Å². The van der Waals surface area contributed by atoms with Gasteiger partial charge >= 0.3 is 0 Å². The van der Waals surface area contributed by atoms with E-state index in [0.717, 1.165) is 43.3 Å². The van der Waals surface area contributed by atoms with Gasteiger partial charge in [-0.3, -0.25) is 4.99 Å². The maximum absolute atomic E-state index is 13.4. The zero-order valence-corrected chi connectivity index (χ0v) is 18.8. The molecule has 0 fully saturated rings. The molecular formula is C21H30ClFN6O. The summed E-state index contributed by atoms with van der Waals surface area (Å²) in [5.74, 6) is 2.12. The summed E-state index contributed by atoms with van der Waals surface area (Å²) in [7, 11) is 1.64. The van der Waals surface area contributed by atoms with Crippen LogP contribution in [0.1, 0.15) is 44.4 Å². The van der Waals surface area contributed by atoms with Crippen molar-refractivity contribution in [2.75, 3.05) is 20.2 Å². The predicted octanol–water partition coefficient (Wildman–Crippen LogP) is 3.06. The molecular weight excluding hydrogens is 407 g/mol. The SMILES string of the molecule is CCNC(=NCC(C)(C)c1ccc(F)cc1Cl)NC1CCc2nc(COC)nn2C1. The maximum Gasteiger partial charge on any atom is 0.191 e. The van der Waals surface area contributed by atoms with Crippen molar-refractivity contribution in [1.82, 2.24) is 25.4 Å². The summed E-state index contributed by atoms with van der Waals surface area (Å²) >= 11 is 6.27. The second kappa shape index (κ2) is 9.75. The van der Waals surface area contributed by atoms with Gasteiger partial charge in [-0.1, -0.05) is 31.5 Å². The van der Waals surface area contributed by atoms with E-state index in [1.807, 2.05) is 11.6 Å². The average Bonchev–Trinajstić information content (AvgIpc) is 3.08. The van der Waals surface area contributed by atoms with Gasteiger partial charge in [0.1, 0.15) is 18.2 Å². The molecule has 0 bridgehead atoms. The van der Waals surface area contributed by atoms with Crippen LogP contribution >= 0.6 is 11.6 Å². The molecule has 9 heteroatoms. The van der Waals surface area contributed by atoms with E-state index < -0.39 is 0 Å². The third kappa shape index (κ3) is 5.49. The van der Waals surface area contributed by atoms with Crippen molar-refractivity contribution in [1.29, 1.82) is 0 Å². The van der Waals surface area contributed by atoms with Gasteiger partial charge in [0.05, 0.1) is 13.1 Å². The molecule has 0 saturated heterocycles. The second-order valence-corrected chi connectivity index (χ2v) is 8.55. The lowest BCUT2D eigenvalue weighted by Crippen LogP contribution is -2.47. The Morgan fingerprint density at radius 1 is 1.43 bits per heavy atom. The van der Waals surface area contributed by atoms with E-state index in [0.29, 0.717) is 24.0 Å². The number of ether oxygens (including phenoxy) is 1. The van der Waals surface area contributed by atoms with Gasteiger partial charge in [-0.15, -0.1) is 0 Å². The highest BCUT2D eigenvalue weighted by molar-refractivity contribution is 6.31. The van der Waals surface area contributed by atoms with E-state index in [4.69, 9.17) is 21.3 Å². The minimum atomic E-state index is -0.339. The lowest BCUT2D eigenvalue weighted by Gasteiger charge is -2.27. The average molecular weight is 437 g/mol. The fraction of sp³-hybridized carbons (Fsp3) is 0.571. The molecule has 3 rings (SSSR count). The van der Waals surface area contributed by atoms with Crippen molar-refractivity contribution in [2.24, 2.45) is 4.99 Å². The molecule has 0 radical (unpaired) electrons. The van der Waals surface area contributed by atoms with E-state index in [9.17, 15) is 4.39 Å². The Labute approximate surface area is 182 Å². The maximum atomic E-state index is 13.4. The molecule has 2 heterocycles. The zero-order valence-electron chi connectivity index (χ0n) is 18.0. The molecule has 30 heavy (non-hydrogen) atoms. The van der Waals surface area contributed by atoms with Gasteiger partial charge < -0.3 is 15.4 Å². The number of fused-ring (bicyclic) bond motifs is 1. The van der Waals surface area contributed by atoms with E-state index in [-0.39, 0.29) is 17.3 Å². The molecule has 2 aromatic rings. The van der Waals surface area contributed by atoms with Crippen LogP contribution in [-0.2, 0) is 29.7 Å². The number of hydrogen-bond acceptors (Lipinski definition) is 4. The number of rotatable bonds is 7. The highest BCUT2D eigenvalue weighted by Gasteiger charge is 2.25. The van der Waals surface area contributed by atoms with Crippen molar-refractivity contribution < 1.29 is 9.13 Å². The summed E-state index contributed by atoms with van der Waals surface area (Å²) in [6.45, 7) is 8.55. The predicted molar refractivity (Wildman–Crippen MR) is 116 cm³/mol. The minimum Gasteiger partial charge on any atom is -0.377 e. The molecule has 7 nitrogen and oxygen atoms in total. The number of nitrogens with zero attached hydrogens (tertiary/aromatic N) is 4. The molecule has 1 atom stereocenters. The lowest BCUT2D eigenvalue weighted by atomic mass is 9.84. The lowest BCUT2D eigenvalue weighted by molar-refractivity contribution is 0.177.